The summed E-state index contributed by atoms with van der Waals surface area (Å²) < 4.78 is 33.6. The second-order valence-corrected chi connectivity index (χ2v) is 6.18. The van der Waals surface area contributed by atoms with Crippen molar-refractivity contribution >= 4 is 16.1 Å². The van der Waals surface area contributed by atoms with E-state index in [1.54, 1.807) is 18.2 Å². The topological polar surface area (TPSA) is 69.7 Å². The number of carbonyl (C=O) groups is 1. The molecule has 0 bridgehead atoms. The van der Waals surface area contributed by atoms with Gasteiger partial charge in [0.05, 0.1) is 11.5 Å². The lowest BCUT2D eigenvalue weighted by molar-refractivity contribution is -0.138. The summed E-state index contributed by atoms with van der Waals surface area (Å²) in [4.78, 5) is 11.0. The highest BCUT2D eigenvalue weighted by Gasteiger charge is 2.18. The van der Waals surface area contributed by atoms with Crippen LogP contribution in [0.3, 0.4) is 0 Å². The minimum Gasteiger partial charge on any atom is -0.455 e. The Balaban J connectivity index is 1.79. The predicted octanol–water partition coefficient (Wildman–Crippen LogP) is 1.96. The summed E-state index contributed by atoms with van der Waals surface area (Å²) in [7, 11) is -3.71. The highest BCUT2D eigenvalue weighted by molar-refractivity contribution is 7.86. The van der Waals surface area contributed by atoms with E-state index in [-0.39, 0.29) is 23.6 Å². The van der Waals surface area contributed by atoms with E-state index in [0.29, 0.717) is 12.8 Å². The normalized spacial score (nSPS) is 18.2. The summed E-state index contributed by atoms with van der Waals surface area (Å²) >= 11 is 0. The number of esters is 1. The maximum atomic E-state index is 11.9. The molecule has 1 aromatic rings. The Morgan fingerprint density at radius 1 is 1.25 bits per heavy atom. The summed E-state index contributed by atoms with van der Waals surface area (Å²) in [5, 5.41) is 0. The molecular formula is C14H16O5S. The summed E-state index contributed by atoms with van der Waals surface area (Å²) in [6.45, 7) is 1.95. The van der Waals surface area contributed by atoms with Crippen molar-refractivity contribution in [3.8, 4) is 0 Å². The molecule has 5 nitrogen and oxygen atoms in total. The van der Waals surface area contributed by atoms with Gasteiger partial charge in [-0.1, -0.05) is 17.7 Å². The Kier molecular flexibility index (Phi) is 4.57. The molecule has 1 aliphatic heterocycles. The van der Waals surface area contributed by atoms with Gasteiger partial charge in [0.15, 0.2) is 0 Å². The van der Waals surface area contributed by atoms with Gasteiger partial charge in [0.25, 0.3) is 10.1 Å². The fraction of sp³-hybridized carbons (Fsp3) is 0.357. The number of carbonyl (C=O) groups excluding carboxylic acids is 1. The van der Waals surface area contributed by atoms with Crippen molar-refractivity contribution in [1.29, 1.82) is 0 Å². The van der Waals surface area contributed by atoms with E-state index in [2.05, 4.69) is 0 Å². The molecule has 1 aliphatic rings. The number of aryl methyl sites for hydroxylation is 1. The molecule has 1 atom stereocenters. The largest absolute Gasteiger partial charge is 0.455 e. The average molecular weight is 296 g/mol. The van der Waals surface area contributed by atoms with Crippen LogP contribution >= 0.6 is 0 Å². The van der Waals surface area contributed by atoms with Crippen LogP contribution < -0.4 is 0 Å². The predicted molar refractivity (Wildman–Crippen MR) is 72.6 cm³/mol. The van der Waals surface area contributed by atoms with Crippen LogP contribution in [0.15, 0.2) is 41.3 Å². The van der Waals surface area contributed by atoms with E-state index < -0.39 is 10.1 Å². The molecule has 0 amide bonds. The third-order valence-electron chi connectivity index (χ3n) is 2.90. The first-order valence-corrected chi connectivity index (χ1v) is 7.73. The van der Waals surface area contributed by atoms with Gasteiger partial charge in [-0.2, -0.15) is 8.42 Å². The minimum absolute atomic E-state index is 0.0676. The molecule has 0 spiro atoms. The van der Waals surface area contributed by atoms with E-state index >= 15 is 0 Å². The van der Waals surface area contributed by atoms with E-state index in [1.165, 1.54) is 18.2 Å². The number of rotatable bonds is 6. The van der Waals surface area contributed by atoms with E-state index in [0.717, 1.165) is 5.56 Å². The molecule has 6 heteroatoms. The molecule has 0 saturated heterocycles. The number of hydrogen-bond acceptors (Lipinski definition) is 5. The molecule has 0 aromatic heterocycles. The van der Waals surface area contributed by atoms with E-state index in [9.17, 15) is 13.2 Å². The second kappa shape index (κ2) is 6.19. The second-order valence-electron chi connectivity index (χ2n) is 4.57. The Bertz CT molecular complexity index is 601. The number of ether oxygens (including phenoxy) is 1. The fourth-order valence-electron chi connectivity index (χ4n) is 1.79. The zero-order valence-corrected chi connectivity index (χ0v) is 11.9. The molecule has 108 valence electrons. The Hall–Kier alpha value is -1.66. The Morgan fingerprint density at radius 3 is 2.55 bits per heavy atom. The summed E-state index contributed by atoms with van der Waals surface area (Å²) in [6.07, 6.45) is 3.80. The molecule has 2 rings (SSSR count). The van der Waals surface area contributed by atoms with E-state index in [4.69, 9.17) is 8.92 Å². The van der Waals surface area contributed by atoms with E-state index in [1.807, 2.05) is 6.92 Å². The monoisotopic (exact) mass is 296 g/mol. The van der Waals surface area contributed by atoms with Crippen LogP contribution in [0, 0.1) is 6.92 Å². The quantitative estimate of drug-likeness (QED) is 0.456. The minimum atomic E-state index is -3.71. The molecule has 1 aromatic carbocycles. The van der Waals surface area contributed by atoms with Crippen LogP contribution in [-0.2, 0) is 23.8 Å². The van der Waals surface area contributed by atoms with Gasteiger partial charge in [-0.25, -0.2) is 4.79 Å². The first kappa shape index (κ1) is 14.7. The third kappa shape index (κ3) is 3.91. The molecule has 0 N–H and O–H groups in total. The van der Waals surface area contributed by atoms with Gasteiger partial charge in [0.2, 0.25) is 0 Å². The first-order valence-electron chi connectivity index (χ1n) is 6.32. The van der Waals surface area contributed by atoms with Crippen LogP contribution in [-0.4, -0.2) is 27.1 Å². The van der Waals surface area contributed by atoms with Crippen molar-refractivity contribution in [2.24, 2.45) is 0 Å². The van der Waals surface area contributed by atoms with Crippen molar-refractivity contribution in [2.75, 3.05) is 6.61 Å². The Labute approximate surface area is 118 Å². The van der Waals surface area contributed by atoms with Crippen molar-refractivity contribution in [3.63, 3.8) is 0 Å². The van der Waals surface area contributed by atoms with Gasteiger partial charge in [0, 0.05) is 6.08 Å². The fourth-order valence-corrected chi connectivity index (χ4v) is 2.74. The van der Waals surface area contributed by atoms with Crippen molar-refractivity contribution in [1.82, 2.24) is 0 Å². The van der Waals surface area contributed by atoms with Crippen molar-refractivity contribution in [3.05, 3.63) is 42.0 Å². The Morgan fingerprint density at radius 2 is 1.95 bits per heavy atom. The standard InChI is InChI=1S/C14H16O5S/c1-11-4-7-13(8-5-11)20(16,17)18-10-2-3-12-6-9-14(15)19-12/h4-9,12H,2-3,10H2,1H3. The van der Waals surface area contributed by atoms with Gasteiger partial charge in [-0.15, -0.1) is 0 Å². The zero-order chi connectivity index (χ0) is 14.6. The lowest BCUT2D eigenvalue weighted by Gasteiger charge is -2.09. The molecule has 0 saturated carbocycles. The maximum absolute atomic E-state index is 11.9. The summed E-state index contributed by atoms with van der Waals surface area (Å²) in [5.41, 5.74) is 0.985. The molecule has 0 radical (unpaired) electrons. The third-order valence-corrected chi connectivity index (χ3v) is 4.22. The lowest BCUT2D eigenvalue weighted by Crippen LogP contribution is -2.11. The highest BCUT2D eigenvalue weighted by atomic mass is 32.2. The number of hydrogen-bond donors (Lipinski definition) is 0. The lowest BCUT2D eigenvalue weighted by atomic mass is 10.2. The van der Waals surface area contributed by atoms with Crippen LogP contribution in [0.4, 0.5) is 0 Å². The molecule has 1 unspecified atom stereocenters. The van der Waals surface area contributed by atoms with Gasteiger partial charge < -0.3 is 4.74 Å². The molecule has 20 heavy (non-hydrogen) atoms. The molecule has 0 aliphatic carbocycles. The summed E-state index contributed by atoms with van der Waals surface area (Å²) in [5.74, 6) is -0.358. The van der Waals surface area contributed by atoms with Crippen molar-refractivity contribution in [2.45, 2.75) is 30.8 Å². The highest BCUT2D eigenvalue weighted by Crippen LogP contribution is 2.15. The molecule has 1 heterocycles. The molecule has 0 fully saturated rings. The first-order chi connectivity index (χ1) is 9.47. The van der Waals surface area contributed by atoms with Crippen LogP contribution in [0.25, 0.3) is 0 Å². The van der Waals surface area contributed by atoms with Gasteiger partial charge in [-0.05, 0) is 38.0 Å². The SMILES string of the molecule is Cc1ccc(S(=O)(=O)OCCCC2C=CC(=O)O2)cc1. The van der Waals surface area contributed by atoms with Crippen LogP contribution in [0.2, 0.25) is 0 Å². The zero-order valence-electron chi connectivity index (χ0n) is 11.1. The van der Waals surface area contributed by atoms with Crippen LogP contribution in [0.1, 0.15) is 18.4 Å². The van der Waals surface area contributed by atoms with Gasteiger partial charge in [0.1, 0.15) is 6.10 Å². The average Bonchev–Trinajstić information content (AvgIpc) is 2.81. The van der Waals surface area contributed by atoms with Crippen LogP contribution in [0.5, 0.6) is 0 Å². The number of cyclic esters (lactones) is 1. The number of benzene rings is 1. The van der Waals surface area contributed by atoms with Crippen molar-refractivity contribution < 1.29 is 22.1 Å². The smallest absolute Gasteiger partial charge is 0.331 e. The van der Waals surface area contributed by atoms with Gasteiger partial charge >= 0.3 is 5.97 Å². The summed E-state index contributed by atoms with van der Waals surface area (Å²) in [6, 6.07) is 6.48. The molecular weight excluding hydrogens is 280 g/mol. The maximum Gasteiger partial charge on any atom is 0.331 e. The van der Waals surface area contributed by atoms with Gasteiger partial charge in [-0.3, -0.25) is 4.18 Å².